The molecule has 2 N–H and O–H groups in total. The first kappa shape index (κ1) is 15.3. The van der Waals surface area contributed by atoms with Crippen molar-refractivity contribution in [1.29, 1.82) is 0 Å². The van der Waals surface area contributed by atoms with Crippen molar-refractivity contribution >= 4 is 11.9 Å². The van der Waals surface area contributed by atoms with Crippen LogP contribution in [0.25, 0.3) is 0 Å². The highest BCUT2D eigenvalue weighted by atomic mass is 16.6. The lowest BCUT2D eigenvalue weighted by Crippen LogP contribution is -2.32. The third kappa shape index (κ3) is 2.55. The van der Waals surface area contributed by atoms with Gasteiger partial charge in [-0.2, -0.15) is 0 Å². The normalized spacial score (nSPS) is 41.4. The standard InChI is InChI=1S/C15H24O5/c1-8-6-7-15(10(3)14(18)19)13(20-15)9(2)11(8)4-5-12(16)17/h8-11,13H,4-7H2,1-3H3,(H,16,17)(H,18,19)/t8-,9?,10?,11-,13?,15+/m0/s1. The third-order valence-electron chi connectivity index (χ3n) is 5.44. The molecule has 0 radical (unpaired) electrons. The zero-order valence-electron chi connectivity index (χ0n) is 12.3. The van der Waals surface area contributed by atoms with E-state index in [-0.39, 0.29) is 18.4 Å². The van der Waals surface area contributed by atoms with Crippen molar-refractivity contribution < 1.29 is 24.5 Å². The fourth-order valence-electron chi connectivity index (χ4n) is 3.98. The van der Waals surface area contributed by atoms with Crippen molar-refractivity contribution in [2.24, 2.45) is 23.7 Å². The summed E-state index contributed by atoms with van der Waals surface area (Å²) in [6, 6.07) is 0. The predicted molar refractivity (Wildman–Crippen MR) is 72.3 cm³/mol. The van der Waals surface area contributed by atoms with E-state index in [1.807, 2.05) is 0 Å². The fourth-order valence-corrected chi connectivity index (χ4v) is 3.98. The van der Waals surface area contributed by atoms with Crippen molar-refractivity contribution in [2.75, 3.05) is 0 Å². The fraction of sp³-hybridized carbons (Fsp3) is 0.867. The van der Waals surface area contributed by atoms with Crippen LogP contribution in [0.4, 0.5) is 0 Å². The molecule has 0 amide bonds. The van der Waals surface area contributed by atoms with Gasteiger partial charge in [0.25, 0.3) is 0 Å². The number of ether oxygens (including phenoxy) is 1. The smallest absolute Gasteiger partial charge is 0.309 e. The Morgan fingerprint density at radius 3 is 2.55 bits per heavy atom. The number of rotatable bonds is 5. The molecule has 114 valence electrons. The van der Waals surface area contributed by atoms with Crippen LogP contribution in [-0.2, 0) is 14.3 Å². The highest BCUT2D eigenvalue weighted by molar-refractivity contribution is 5.72. The van der Waals surface area contributed by atoms with Gasteiger partial charge in [0.05, 0.1) is 12.0 Å². The van der Waals surface area contributed by atoms with Crippen LogP contribution >= 0.6 is 0 Å². The molecule has 1 aliphatic carbocycles. The molecule has 0 aromatic rings. The first-order valence-electron chi connectivity index (χ1n) is 7.42. The molecular weight excluding hydrogens is 260 g/mol. The molecular formula is C15H24O5. The molecule has 1 heterocycles. The van der Waals surface area contributed by atoms with Gasteiger partial charge in [-0.15, -0.1) is 0 Å². The summed E-state index contributed by atoms with van der Waals surface area (Å²) in [5, 5.41) is 18.1. The van der Waals surface area contributed by atoms with Gasteiger partial charge in [0, 0.05) is 6.42 Å². The largest absolute Gasteiger partial charge is 0.481 e. The molecule has 1 saturated heterocycles. The number of epoxide rings is 1. The average molecular weight is 284 g/mol. The van der Waals surface area contributed by atoms with E-state index in [9.17, 15) is 14.7 Å². The molecule has 0 aromatic heterocycles. The van der Waals surface area contributed by atoms with Crippen molar-refractivity contribution in [3.05, 3.63) is 0 Å². The quantitative estimate of drug-likeness (QED) is 0.757. The van der Waals surface area contributed by atoms with E-state index in [1.165, 1.54) is 0 Å². The van der Waals surface area contributed by atoms with Gasteiger partial charge in [-0.25, -0.2) is 0 Å². The van der Waals surface area contributed by atoms with E-state index >= 15 is 0 Å². The highest BCUT2D eigenvalue weighted by Gasteiger charge is 2.65. The lowest BCUT2D eigenvalue weighted by atomic mass is 9.78. The molecule has 2 rings (SSSR count). The Balaban J connectivity index is 2.11. The van der Waals surface area contributed by atoms with Crippen molar-refractivity contribution in [3.63, 3.8) is 0 Å². The zero-order chi connectivity index (χ0) is 15.1. The van der Waals surface area contributed by atoms with Gasteiger partial charge in [-0.3, -0.25) is 9.59 Å². The molecule has 1 saturated carbocycles. The first-order valence-corrected chi connectivity index (χ1v) is 7.42. The summed E-state index contributed by atoms with van der Waals surface area (Å²) in [4.78, 5) is 22.1. The second-order valence-electron chi connectivity index (χ2n) is 6.52. The van der Waals surface area contributed by atoms with E-state index in [0.717, 1.165) is 12.8 Å². The minimum Gasteiger partial charge on any atom is -0.481 e. The summed E-state index contributed by atoms with van der Waals surface area (Å²) >= 11 is 0. The molecule has 20 heavy (non-hydrogen) atoms. The first-order chi connectivity index (χ1) is 9.29. The summed E-state index contributed by atoms with van der Waals surface area (Å²) in [5.74, 6) is -1.15. The summed E-state index contributed by atoms with van der Waals surface area (Å²) in [5.41, 5.74) is -0.516. The number of carboxylic acid groups (broad SMARTS) is 2. The van der Waals surface area contributed by atoms with Crippen LogP contribution in [0.5, 0.6) is 0 Å². The Bertz CT molecular complexity index is 407. The van der Waals surface area contributed by atoms with Crippen LogP contribution in [0.15, 0.2) is 0 Å². The number of fused-ring (bicyclic) bond motifs is 1. The Labute approximate surface area is 119 Å². The molecule has 0 bridgehead atoms. The maximum Gasteiger partial charge on any atom is 0.309 e. The van der Waals surface area contributed by atoms with Gasteiger partial charge in [0.1, 0.15) is 5.60 Å². The zero-order valence-corrected chi connectivity index (χ0v) is 12.3. The van der Waals surface area contributed by atoms with Crippen molar-refractivity contribution in [3.8, 4) is 0 Å². The number of hydrogen-bond donors (Lipinski definition) is 2. The summed E-state index contributed by atoms with van der Waals surface area (Å²) < 4.78 is 5.84. The highest BCUT2D eigenvalue weighted by Crippen LogP contribution is 2.56. The maximum absolute atomic E-state index is 11.3. The van der Waals surface area contributed by atoms with Gasteiger partial charge in [0.15, 0.2) is 0 Å². The van der Waals surface area contributed by atoms with Crippen LogP contribution in [-0.4, -0.2) is 33.9 Å². The third-order valence-corrected chi connectivity index (χ3v) is 5.44. The minimum absolute atomic E-state index is 0.0302. The molecule has 5 heteroatoms. The number of carboxylic acids is 2. The summed E-state index contributed by atoms with van der Waals surface area (Å²) in [6.45, 7) is 5.94. The van der Waals surface area contributed by atoms with E-state index in [4.69, 9.17) is 9.84 Å². The second-order valence-corrected chi connectivity index (χ2v) is 6.52. The van der Waals surface area contributed by atoms with E-state index in [0.29, 0.717) is 18.3 Å². The molecule has 3 unspecified atom stereocenters. The SMILES string of the molecule is CC1C2O[C@@]2(C(C)C(=O)O)CC[C@H](C)[C@@H]1CCC(=O)O. The molecule has 2 fully saturated rings. The topological polar surface area (TPSA) is 87.1 Å². The van der Waals surface area contributed by atoms with Crippen LogP contribution in [0.3, 0.4) is 0 Å². The Morgan fingerprint density at radius 2 is 2.00 bits per heavy atom. The lowest BCUT2D eigenvalue weighted by Gasteiger charge is -2.26. The van der Waals surface area contributed by atoms with Gasteiger partial charge in [0.2, 0.25) is 0 Å². The van der Waals surface area contributed by atoms with Crippen LogP contribution < -0.4 is 0 Å². The molecule has 6 atom stereocenters. The molecule has 0 aromatic carbocycles. The second kappa shape index (κ2) is 5.35. The maximum atomic E-state index is 11.3. The lowest BCUT2D eigenvalue weighted by molar-refractivity contribution is -0.143. The number of hydrogen-bond acceptors (Lipinski definition) is 3. The average Bonchev–Trinajstić information content (AvgIpc) is 3.10. The predicted octanol–water partition coefficient (Wildman–Crippen LogP) is 2.39. The van der Waals surface area contributed by atoms with E-state index in [2.05, 4.69) is 13.8 Å². The van der Waals surface area contributed by atoms with Crippen LogP contribution in [0.2, 0.25) is 0 Å². The van der Waals surface area contributed by atoms with Crippen molar-refractivity contribution in [2.45, 2.75) is 58.2 Å². The molecule has 1 aliphatic heterocycles. The number of carbonyl (C=O) groups is 2. The summed E-state index contributed by atoms with van der Waals surface area (Å²) in [7, 11) is 0. The van der Waals surface area contributed by atoms with Crippen LogP contribution in [0.1, 0.15) is 46.5 Å². The monoisotopic (exact) mass is 284 g/mol. The molecule has 2 aliphatic rings. The van der Waals surface area contributed by atoms with Crippen molar-refractivity contribution in [1.82, 2.24) is 0 Å². The van der Waals surface area contributed by atoms with Gasteiger partial charge in [-0.05, 0) is 43.9 Å². The molecule has 5 nitrogen and oxygen atoms in total. The number of aliphatic carboxylic acids is 2. The Kier molecular flexibility index (Phi) is 4.09. The van der Waals surface area contributed by atoms with Gasteiger partial charge < -0.3 is 14.9 Å². The minimum atomic E-state index is -0.809. The van der Waals surface area contributed by atoms with Crippen LogP contribution in [0, 0.1) is 23.7 Å². The van der Waals surface area contributed by atoms with E-state index < -0.39 is 23.5 Å². The molecule has 0 spiro atoms. The van der Waals surface area contributed by atoms with Gasteiger partial charge in [-0.1, -0.05) is 13.8 Å². The van der Waals surface area contributed by atoms with E-state index in [1.54, 1.807) is 6.92 Å². The Hall–Kier alpha value is -1.10. The summed E-state index contributed by atoms with van der Waals surface area (Å²) in [6.07, 6.45) is 2.46. The Morgan fingerprint density at radius 1 is 1.35 bits per heavy atom. The van der Waals surface area contributed by atoms with Gasteiger partial charge >= 0.3 is 11.9 Å².